The predicted molar refractivity (Wildman–Crippen MR) is 73.3 cm³/mol. The van der Waals surface area contributed by atoms with Gasteiger partial charge in [-0.1, -0.05) is 0 Å². The molecule has 0 saturated heterocycles. The number of nitrogens with zero attached hydrogens (tertiary/aromatic N) is 2. The van der Waals surface area contributed by atoms with Crippen LogP contribution in [0.25, 0.3) is 0 Å². The van der Waals surface area contributed by atoms with Crippen LogP contribution in [0.2, 0.25) is 0 Å². The van der Waals surface area contributed by atoms with E-state index in [0.717, 1.165) is 10.2 Å². The number of aromatic nitrogens is 2. The summed E-state index contributed by atoms with van der Waals surface area (Å²) in [5.41, 5.74) is 0.879. The smallest absolute Gasteiger partial charge is 0.100 e. The Balaban J connectivity index is 2.14. The van der Waals surface area contributed by atoms with Crippen molar-refractivity contribution in [3.05, 3.63) is 39.0 Å². The normalized spacial score (nSPS) is 13.2. The first-order valence-electron chi connectivity index (χ1n) is 5.50. The van der Waals surface area contributed by atoms with Gasteiger partial charge in [0.25, 0.3) is 0 Å². The highest BCUT2D eigenvalue weighted by molar-refractivity contribution is 9.10. The van der Waals surface area contributed by atoms with E-state index in [4.69, 9.17) is 0 Å². The molecule has 0 aliphatic carbocycles. The molecule has 2 heterocycles. The van der Waals surface area contributed by atoms with Crippen LogP contribution in [0, 0.1) is 0 Å². The van der Waals surface area contributed by atoms with Crippen LogP contribution in [0.15, 0.2) is 28.4 Å². The Hall–Kier alpha value is -0.650. The minimum Gasteiger partial charge on any atom is -0.386 e. The standard InChI is InChI=1S/C12H15BrN2OS/c1-8(2)15-7-14-5-11(15)12(16)4-10-3-9(13)6-17-10/h3,5-8,12,16H,4H2,1-2H3. The van der Waals surface area contributed by atoms with Crippen LogP contribution in [0.1, 0.15) is 36.6 Å². The molecule has 92 valence electrons. The second kappa shape index (κ2) is 5.33. The summed E-state index contributed by atoms with van der Waals surface area (Å²) in [5, 5.41) is 12.3. The van der Waals surface area contributed by atoms with Crippen LogP contribution in [0.4, 0.5) is 0 Å². The van der Waals surface area contributed by atoms with Gasteiger partial charge >= 0.3 is 0 Å². The van der Waals surface area contributed by atoms with E-state index in [-0.39, 0.29) is 0 Å². The Kier molecular flexibility index (Phi) is 4.01. The fourth-order valence-corrected chi connectivity index (χ4v) is 3.25. The fourth-order valence-electron chi connectivity index (χ4n) is 1.76. The van der Waals surface area contributed by atoms with Crippen molar-refractivity contribution < 1.29 is 5.11 Å². The highest BCUT2D eigenvalue weighted by Gasteiger charge is 2.15. The molecule has 1 N–H and O–H groups in total. The minimum absolute atomic E-state index is 0.317. The molecule has 0 amide bonds. The molecule has 0 spiro atoms. The number of aliphatic hydroxyl groups excluding tert-OH is 1. The van der Waals surface area contributed by atoms with Gasteiger partial charge < -0.3 is 9.67 Å². The van der Waals surface area contributed by atoms with Crippen LogP contribution in [0.5, 0.6) is 0 Å². The van der Waals surface area contributed by atoms with Crippen LogP contribution in [-0.2, 0) is 6.42 Å². The highest BCUT2D eigenvalue weighted by atomic mass is 79.9. The Morgan fingerprint density at radius 2 is 2.29 bits per heavy atom. The van der Waals surface area contributed by atoms with Crippen LogP contribution in [-0.4, -0.2) is 14.7 Å². The maximum atomic E-state index is 10.2. The number of aliphatic hydroxyl groups is 1. The van der Waals surface area contributed by atoms with E-state index < -0.39 is 6.10 Å². The monoisotopic (exact) mass is 314 g/mol. The van der Waals surface area contributed by atoms with Gasteiger partial charge in [-0.3, -0.25) is 0 Å². The van der Waals surface area contributed by atoms with Crippen LogP contribution < -0.4 is 0 Å². The third-order valence-electron chi connectivity index (χ3n) is 2.61. The van der Waals surface area contributed by atoms with Crippen molar-refractivity contribution in [1.82, 2.24) is 9.55 Å². The van der Waals surface area contributed by atoms with Gasteiger partial charge in [-0.05, 0) is 35.8 Å². The summed E-state index contributed by atoms with van der Waals surface area (Å²) in [5.74, 6) is 0. The predicted octanol–water partition coefficient (Wildman–Crippen LogP) is 3.56. The molecule has 1 atom stereocenters. The topological polar surface area (TPSA) is 38.0 Å². The molecule has 1 unspecified atom stereocenters. The highest BCUT2D eigenvalue weighted by Crippen LogP contribution is 2.26. The van der Waals surface area contributed by atoms with Gasteiger partial charge in [0, 0.05) is 27.2 Å². The van der Waals surface area contributed by atoms with Crippen molar-refractivity contribution in [3.63, 3.8) is 0 Å². The van der Waals surface area contributed by atoms with Crippen molar-refractivity contribution in [2.24, 2.45) is 0 Å². The third-order valence-corrected chi connectivity index (χ3v) is 4.33. The second-order valence-electron chi connectivity index (χ2n) is 4.27. The lowest BCUT2D eigenvalue weighted by Gasteiger charge is -2.15. The Labute approximate surface area is 113 Å². The summed E-state index contributed by atoms with van der Waals surface area (Å²) in [6, 6.07) is 2.36. The van der Waals surface area contributed by atoms with Crippen molar-refractivity contribution in [2.75, 3.05) is 0 Å². The van der Waals surface area contributed by atoms with E-state index in [2.05, 4.69) is 34.8 Å². The summed E-state index contributed by atoms with van der Waals surface area (Å²) in [4.78, 5) is 5.28. The molecule has 3 nitrogen and oxygen atoms in total. The third kappa shape index (κ3) is 2.97. The summed E-state index contributed by atoms with van der Waals surface area (Å²) in [6.45, 7) is 4.17. The average Bonchev–Trinajstić information content (AvgIpc) is 2.86. The van der Waals surface area contributed by atoms with Gasteiger partial charge in [0.2, 0.25) is 0 Å². The zero-order valence-corrected chi connectivity index (χ0v) is 12.2. The molecule has 2 aromatic heterocycles. The number of imidazole rings is 1. The van der Waals surface area contributed by atoms with Crippen LogP contribution >= 0.6 is 27.3 Å². The molecule has 0 bridgehead atoms. The molecule has 0 radical (unpaired) electrons. The SMILES string of the molecule is CC(C)n1cncc1C(O)Cc1cc(Br)cs1. The van der Waals surface area contributed by atoms with Crippen molar-refractivity contribution >= 4 is 27.3 Å². The zero-order valence-electron chi connectivity index (χ0n) is 9.80. The first-order chi connectivity index (χ1) is 8.08. The fraction of sp³-hybridized carbons (Fsp3) is 0.417. The summed E-state index contributed by atoms with van der Waals surface area (Å²) in [6.07, 6.45) is 3.65. The number of thiophene rings is 1. The van der Waals surface area contributed by atoms with Gasteiger partial charge in [-0.25, -0.2) is 4.98 Å². The number of hydrogen-bond donors (Lipinski definition) is 1. The minimum atomic E-state index is -0.495. The molecule has 0 aliphatic heterocycles. The van der Waals surface area contributed by atoms with Gasteiger partial charge in [-0.15, -0.1) is 11.3 Å². The van der Waals surface area contributed by atoms with E-state index >= 15 is 0 Å². The first kappa shape index (κ1) is 12.8. The lowest BCUT2D eigenvalue weighted by molar-refractivity contribution is 0.168. The zero-order chi connectivity index (χ0) is 12.4. The number of hydrogen-bond acceptors (Lipinski definition) is 3. The van der Waals surface area contributed by atoms with E-state index in [9.17, 15) is 5.11 Å². The quantitative estimate of drug-likeness (QED) is 0.937. The van der Waals surface area contributed by atoms with E-state index in [1.807, 2.05) is 16.0 Å². The van der Waals surface area contributed by atoms with E-state index in [1.54, 1.807) is 23.9 Å². The van der Waals surface area contributed by atoms with Gasteiger partial charge in [-0.2, -0.15) is 0 Å². The van der Waals surface area contributed by atoms with Crippen LogP contribution in [0.3, 0.4) is 0 Å². The van der Waals surface area contributed by atoms with Gasteiger partial charge in [0.15, 0.2) is 0 Å². The molecule has 2 rings (SSSR count). The lowest BCUT2D eigenvalue weighted by Crippen LogP contribution is -2.10. The van der Waals surface area contributed by atoms with E-state index in [0.29, 0.717) is 12.5 Å². The van der Waals surface area contributed by atoms with Gasteiger partial charge in [0.05, 0.1) is 18.2 Å². The Morgan fingerprint density at radius 1 is 1.53 bits per heavy atom. The molecule has 0 saturated carbocycles. The molecule has 0 fully saturated rings. The lowest BCUT2D eigenvalue weighted by atomic mass is 10.1. The maximum Gasteiger partial charge on any atom is 0.100 e. The average molecular weight is 315 g/mol. The largest absolute Gasteiger partial charge is 0.386 e. The maximum absolute atomic E-state index is 10.2. The first-order valence-corrected chi connectivity index (χ1v) is 7.18. The van der Waals surface area contributed by atoms with Gasteiger partial charge in [0.1, 0.15) is 6.10 Å². The Morgan fingerprint density at radius 3 is 2.88 bits per heavy atom. The molecule has 17 heavy (non-hydrogen) atoms. The van der Waals surface area contributed by atoms with Crippen molar-refractivity contribution in [2.45, 2.75) is 32.4 Å². The Bertz CT molecular complexity index is 492. The van der Waals surface area contributed by atoms with E-state index in [1.165, 1.54) is 4.88 Å². The summed E-state index contributed by atoms with van der Waals surface area (Å²) >= 11 is 5.07. The number of rotatable bonds is 4. The van der Waals surface area contributed by atoms with Crippen molar-refractivity contribution in [3.8, 4) is 0 Å². The molecular weight excluding hydrogens is 300 g/mol. The molecule has 2 aromatic rings. The molecule has 0 aromatic carbocycles. The van der Waals surface area contributed by atoms with Crippen molar-refractivity contribution in [1.29, 1.82) is 0 Å². The summed E-state index contributed by atoms with van der Waals surface area (Å²) in [7, 11) is 0. The molecule has 5 heteroatoms. The number of halogens is 1. The molecule has 0 aliphatic rings. The molecular formula is C12H15BrN2OS. The summed E-state index contributed by atoms with van der Waals surface area (Å²) < 4.78 is 3.08. The second-order valence-corrected chi connectivity index (χ2v) is 6.18.